The van der Waals surface area contributed by atoms with Crippen LogP contribution in [0, 0.1) is 0 Å². The highest BCUT2D eigenvalue weighted by Crippen LogP contribution is 2.22. The van der Waals surface area contributed by atoms with Gasteiger partial charge < -0.3 is 14.5 Å². The van der Waals surface area contributed by atoms with E-state index in [2.05, 4.69) is 31.2 Å². The molecular formula is C10H9BrN4O2. The number of halogens is 1. The maximum Gasteiger partial charge on any atom is 0.257 e. The number of epoxide rings is 1. The Bertz CT molecular complexity index is 597. The number of nitrogens with one attached hydrogen (secondary N) is 1. The van der Waals surface area contributed by atoms with Crippen LogP contribution in [0.4, 0.5) is 5.82 Å². The van der Waals surface area contributed by atoms with Crippen LogP contribution in [0.15, 0.2) is 23.2 Å². The van der Waals surface area contributed by atoms with Crippen molar-refractivity contribution in [2.75, 3.05) is 5.32 Å². The summed E-state index contributed by atoms with van der Waals surface area (Å²) in [6, 6.07) is 0. The molecule has 0 bridgehead atoms. The van der Waals surface area contributed by atoms with E-state index in [1.807, 2.05) is 6.92 Å². The average Bonchev–Trinajstić information content (AvgIpc) is 2.87. The Hall–Kier alpha value is -1.47. The standard InChI is InChI=1S/C10H9BrN4O2/c1-5-9(17-5)10(16)14-7-4-15-3-6(11)12-2-8(15)13-7/h2-5,9H,1H3,(H,14,16)/t5-,9+/m0/s1. The number of anilines is 1. The van der Waals surface area contributed by atoms with Crippen LogP contribution in [-0.2, 0) is 9.53 Å². The smallest absolute Gasteiger partial charge is 0.257 e. The number of aromatic nitrogens is 3. The number of ether oxygens (including phenoxy) is 1. The number of carbonyl (C=O) groups is 1. The minimum absolute atomic E-state index is 0.00263. The second-order valence-corrected chi connectivity index (χ2v) is 4.67. The molecule has 0 saturated carbocycles. The van der Waals surface area contributed by atoms with Crippen LogP contribution in [0.3, 0.4) is 0 Å². The fourth-order valence-electron chi connectivity index (χ4n) is 1.59. The van der Waals surface area contributed by atoms with Crippen molar-refractivity contribution in [1.82, 2.24) is 14.4 Å². The van der Waals surface area contributed by atoms with E-state index in [1.165, 1.54) is 0 Å². The molecule has 0 aliphatic carbocycles. The lowest BCUT2D eigenvalue weighted by molar-refractivity contribution is -0.117. The molecule has 2 aromatic heterocycles. The summed E-state index contributed by atoms with van der Waals surface area (Å²) in [6.45, 7) is 1.86. The second-order valence-electron chi connectivity index (χ2n) is 3.85. The predicted molar refractivity (Wildman–Crippen MR) is 63.7 cm³/mol. The fourth-order valence-corrected chi connectivity index (χ4v) is 1.92. The number of amides is 1. The van der Waals surface area contributed by atoms with Crippen molar-refractivity contribution >= 4 is 33.3 Å². The first-order chi connectivity index (χ1) is 8.13. The first-order valence-electron chi connectivity index (χ1n) is 5.10. The summed E-state index contributed by atoms with van der Waals surface area (Å²) in [5.41, 5.74) is 0.674. The molecule has 2 atom stereocenters. The van der Waals surface area contributed by atoms with E-state index >= 15 is 0 Å². The maximum atomic E-state index is 11.6. The SMILES string of the molecule is C[C@@H]1O[C@H]1C(=O)Nc1cn2cc(Br)ncc2n1. The van der Waals surface area contributed by atoms with Crippen LogP contribution < -0.4 is 5.32 Å². The van der Waals surface area contributed by atoms with E-state index in [9.17, 15) is 4.79 Å². The second kappa shape index (κ2) is 3.78. The molecular weight excluding hydrogens is 288 g/mol. The van der Waals surface area contributed by atoms with Gasteiger partial charge in [0, 0.05) is 6.20 Å². The van der Waals surface area contributed by atoms with E-state index < -0.39 is 0 Å². The van der Waals surface area contributed by atoms with Crippen molar-refractivity contribution in [3.05, 3.63) is 23.2 Å². The molecule has 1 amide bonds. The molecule has 1 fully saturated rings. The number of imidazole rings is 1. The molecule has 1 saturated heterocycles. The zero-order valence-electron chi connectivity index (χ0n) is 8.92. The van der Waals surface area contributed by atoms with Crippen LogP contribution in [0.1, 0.15) is 6.92 Å². The molecule has 3 heterocycles. The van der Waals surface area contributed by atoms with E-state index in [4.69, 9.17) is 4.74 Å². The topological polar surface area (TPSA) is 71.8 Å². The van der Waals surface area contributed by atoms with Gasteiger partial charge in [-0.05, 0) is 22.9 Å². The highest BCUT2D eigenvalue weighted by molar-refractivity contribution is 9.10. The summed E-state index contributed by atoms with van der Waals surface area (Å²) in [4.78, 5) is 19.9. The largest absolute Gasteiger partial charge is 0.359 e. The summed E-state index contributed by atoms with van der Waals surface area (Å²) in [5.74, 6) is 0.338. The fraction of sp³-hybridized carbons (Fsp3) is 0.300. The summed E-state index contributed by atoms with van der Waals surface area (Å²) < 4.78 is 7.57. The lowest BCUT2D eigenvalue weighted by atomic mass is 10.3. The van der Waals surface area contributed by atoms with Gasteiger partial charge >= 0.3 is 0 Å². The number of fused-ring (bicyclic) bond motifs is 1. The maximum absolute atomic E-state index is 11.6. The Balaban J connectivity index is 1.83. The zero-order chi connectivity index (χ0) is 12.0. The van der Waals surface area contributed by atoms with E-state index in [0.717, 1.165) is 0 Å². The molecule has 3 rings (SSSR count). The molecule has 1 N–H and O–H groups in total. The van der Waals surface area contributed by atoms with Gasteiger partial charge in [-0.15, -0.1) is 0 Å². The van der Waals surface area contributed by atoms with E-state index in [-0.39, 0.29) is 18.1 Å². The first kappa shape index (κ1) is 10.7. The molecule has 88 valence electrons. The van der Waals surface area contributed by atoms with Crippen molar-refractivity contribution in [2.24, 2.45) is 0 Å². The summed E-state index contributed by atoms with van der Waals surface area (Å²) >= 11 is 3.27. The van der Waals surface area contributed by atoms with Crippen LogP contribution in [0.25, 0.3) is 5.65 Å². The third-order valence-corrected chi connectivity index (χ3v) is 2.94. The van der Waals surface area contributed by atoms with Crippen LogP contribution in [0.2, 0.25) is 0 Å². The van der Waals surface area contributed by atoms with Crippen molar-refractivity contribution < 1.29 is 9.53 Å². The van der Waals surface area contributed by atoms with Crippen LogP contribution in [-0.4, -0.2) is 32.5 Å². The van der Waals surface area contributed by atoms with Gasteiger partial charge in [0.1, 0.15) is 4.60 Å². The number of nitrogens with zero attached hydrogens (tertiary/aromatic N) is 3. The Morgan fingerprint density at radius 1 is 1.59 bits per heavy atom. The summed E-state index contributed by atoms with van der Waals surface area (Å²) in [7, 11) is 0. The molecule has 7 heteroatoms. The first-order valence-corrected chi connectivity index (χ1v) is 5.89. The number of hydrogen-bond donors (Lipinski definition) is 1. The Kier molecular flexibility index (Phi) is 2.37. The Morgan fingerprint density at radius 3 is 3.06 bits per heavy atom. The average molecular weight is 297 g/mol. The molecule has 2 aromatic rings. The van der Waals surface area contributed by atoms with Crippen molar-refractivity contribution in [1.29, 1.82) is 0 Å². The molecule has 0 unspecified atom stereocenters. The van der Waals surface area contributed by atoms with Crippen LogP contribution in [0.5, 0.6) is 0 Å². The summed E-state index contributed by atoms with van der Waals surface area (Å²) in [6.07, 6.45) is 4.78. The molecule has 17 heavy (non-hydrogen) atoms. The van der Waals surface area contributed by atoms with E-state index in [0.29, 0.717) is 16.1 Å². The molecule has 0 radical (unpaired) electrons. The van der Waals surface area contributed by atoms with Crippen LogP contribution >= 0.6 is 15.9 Å². The van der Waals surface area contributed by atoms with Gasteiger partial charge in [0.05, 0.1) is 18.5 Å². The molecule has 0 spiro atoms. The summed E-state index contributed by atoms with van der Waals surface area (Å²) in [5, 5.41) is 2.70. The van der Waals surface area contributed by atoms with Gasteiger partial charge in [-0.3, -0.25) is 4.79 Å². The predicted octanol–water partition coefficient (Wildman–Crippen LogP) is 1.22. The highest BCUT2D eigenvalue weighted by atomic mass is 79.9. The minimum atomic E-state index is -0.343. The normalized spacial score (nSPS) is 22.7. The third-order valence-electron chi connectivity index (χ3n) is 2.53. The van der Waals surface area contributed by atoms with Crippen molar-refractivity contribution in [2.45, 2.75) is 19.1 Å². The van der Waals surface area contributed by atoms with E-state index in [1.54, 1.807) is 23.0 Å². The lowest BCUT2D eigenvalue weighted by Crippen LogP contribution is -2.19. The number of rotatable bonds is 2. The molecule has 6 nitrogen and oxygen atoms in total. The number of carbonyl (C=O) groups excluding carboxylic acids is 1. The van der Waals surface area contributed by atoms with Gasteiger partial charge in [-0.1, -0.05) is 0 Å². The zero-order valence-corrected chi connectivity index (χ0v) is 10.5. The molecule has 1 aliphatic rings. The van der Waals surface area contributed by atoms with Gasteiger partial charge in [-0.2, -0.15) is 0 Å². The van der Waals surface area contributed by atoms with Gasteiger partial charge in [0.15, 0.2) is 17.6 Å². The molecule has 1 aliphatic heterocycles. The third kappa shape index (κ3) is 2.03. The minimum Gasteiger partial charge on any atom is -0.359 e. The molecule has 0 aromatic carbocycles. The quantitative estimate of drug-likeness (QED) is 0.846. The highest BCUT2D eigenvalue weighted by Gasteiger charge is 2.41. The Morgan fingerprint density at radius 2 is 2.35 bits per heavy atom. The van der Waals surface area contributed by atoms with Gasteiger partial charge in [-0.25, -0.2) is 9.97 Å². The van der Waals surface area contributed by atoms with Gasteiger partial charge in [0.2, 0.25) is 0 Å². The van der Waals surface area contributed by atoms with Gasteiger partial charge in [0.25, 0.3) is 5.91 Å². The Labute approximate surface area is 105 Å². The lowest BCUT2D eigenvalue weighted by Gasteiger charge is -1.95. The number of hydrogen-bond acceptors (Lipinski definition) is 4. The van der Waals surface area contributed by atoms with Crippen molar-refractivity contribution in [3.8, 4) is 0 Å². The monoisotopic (exact) mass is 296 g/mol. The van der Waals surface area contributed by atoms with Crippen molar-refractivity contribution in [3.63, 3.8) is 0 Å².